The van der Waals surface area contributed by atoms with Gasteiger partial charge in [0, 0.05) is 6.54 Å². The van der Waals surface area contributed by atoms with E-state index in [1.807, 2.05) is 6.92 Å². The number of benzene rings is 1. The highest BCUT2D eigenvalue weighted by Gasteiger charge is 2.41. The lowest BCUT2D eigenvalue weighted by molar-refractivity contribution is -0.136. The molecule has 29 heavy (non-hydrogen) atoms. The van der Waals surface area contributed by atoms with Crippen molar-refractivity contribution in [3.63, 3.8) is 0 Å². The Balaban J connectivity index is 1.99. The maximum atomic E-state index is 12.8. The highest BCUT2D eigenvalue weighted by Crippen LogP contribution is 2.44. The number of hydrogen-bond donors (Lipinski definition) is 2. The Morgan fingerprint density at radius 1 is 1.21 bits per heavy atom. The van der Waals surface area contributed by atoms with Gasteiger partial charge in [0.05, 0.1) is 36.5 Å². The van der Waals surface area contributed by atoms with Crippen molar-refractivity contribution in [3.05, 3.63) is 61.4 Å². The van der Waals surface area contributed by atoms with Crippen LogP contribution >= 0.6 is 0 Å². The van der Waals surface area contributed by atoms with Gasteiger partial charge >= 0.3 is 11.7 Å². The van der Waals surface area contributed by atoms with E-state index in [1.54, 1.807) is 25.1 Å². The summed E-state index contributed by atoms with van der Waals surface area (Å²) in [6.45, 7) is 4.54. The minimum absolute atomic E-state index is 0.0585. The van der Waals surface area contributed by atoms with E-state index >= 15 is 0 Å². The second-order valence-electron chi connectivity index (χ2n) is 6.64. The largest absolute Gasteiger partial charge is 0.493 e. The second-order valence-corrected chi connectivity index (χ2v) is 6.64. The van der Waals surface area contributed by atoms with Gasteiger partial charge in [-0.25, -0.2) is 9.59 Å². The van der Waals surface area contributed by atoms with Gasteiger partial charge in [0.1, 0.15) is 12.4 Å². The lowest BCUT2D eigenvalue weighted by Crippen LogP contribution is -2.38. The van der Waals surface area contributed by atoms with E-state index in [1.165, 1.54) is 11.7 Å². The normalized spacial score (nSPS) is 17.3. The summed E-state index contributed by atoms with van der Waals surface area (Å²) in [5.74, 6) is 0.213. The van der Waals surface area contributed by atoms with Crippen molar-refractivity contribution in [1.82, 2.24) is 9.55 Å². The van der Waals surface area contributed by atoms with Crippen LogP contribution in [0.15, 0.2) is 39.1 Å². The van der Waals surface area contributed by atoms with Crippen molar-refractivity contribution in [1.29, 1.82) is 0 Å². The molecule has 1 aromatic carbocycles. The van der Waals surface area contributed by atoms with Crippen LogP contribution < -0.4 is 26.0 Å². The summed E-state index contributed by atoms with van der Waals surface area (Å²) < 4.78 is 17.7. The van der Waals surface area contributed by atoms with Gasteiger partial charge in [-0.15, -0.1) is 0 Å². The first-order chi connectivity index (χ1) is 14.0. The van der Waals surface area contributed by atoms with Crippen LogP contribution in [0.2, 0.25) is 0 Å². The number of rotatable bonds is 5. The highest BCUT2D eigenvalue weighted by molar-refractivity contribution is 5.96. The Morgan fingerprint density at radius 3 is 2.69 bits per heavy atom. The van der Waals surface area contributed by atoms with Gasteiger partial charge in [0.2, 0.25) is 0 Å². The first-order valence-electron chi connectivity index (χ1n) is 9.35. The number of nitrogens with zero attached hydrogens (tertiary/aromatic N) is 1. The molecule has 4 rings (SSSR count). The quantitative estimate of drug-likeness (QED) is 0.730. The van der Waals surface area contributed by atoms with Crippen molar-refractivity contribution in [2.24, 2.45) is 0 Å². The maximum absolute atomic E-state index is 12.8. The Morgan fingerprint density at radius 2 is 2.00 bits per heavy atom. The fraction of sp³-hybridized carbons (Fsp3) is 0.350. The standard InChI is InChI=1S/C20H21N3O6/c1-4-23-17-16(18(24)22-20(23)26)14(15-11(21-17)9-29-19(15)25)10-6-7-12(28-5-2)13(8-10)27-3/h6-8,14,21H,4-5,9H2,1-3H3,(H,22,24,26)/t14-/m0/s1. The average Bonchev–Trinajstić information content (AvgIpc) is 3.08. The van der Waals surface area contributed by atoms with Crippen molar-refractivity contribution in [2.75, 3.05) is 25.6 Å². The zero-order valence-corrected chi connectivity index (χ0v) is 16.3. The third-order valence-corrected chi connectivity index (χ3v) is 5.11. The topological polar surface area (TPSA) is 112 Å². The number of aromatic amines is 1. The number of nitrogens with one attached hydrogen (secondary N) is 2. The van der Waals surface area contributed by atoms with Crippen LogP contribution in [-0.2, 0) is 16.1 Å². The van der Waals surface area contributed by atoms with Crippen LogP contribution in [0.3, 0.4) is 0 Å². The van der Waals surface area contributed by atoms with Gasteiger partial charge in [-0.3, -0.25) is 14.3 Å². The van der Waals surface area contributed by atoms with E-state index in [0.29, 0.717) is 47.3 Å². The lowest BCUT2D eigenvalue weighted by atomic mass is 9.82. The monoisotopic (exact) mass is 399 g/mol. The molecule has 0 aliphatic carbocycles. The number of carbonyl (C=O) groups is 1. The summed E-state index contributed by atoms with van der Waals surface area (Å²) in [5.41, 5.74) is 0.789. The molecule has 1 atom stereocenters. The molecule has 0 saturated carbocycles. The Labute approximate surface area is 165 Å². The minimum Gasteiger partial charge on any atom is -0.493 e. The molecular weight excluding hydrogens is 378 g/mol. The van der Waals surface area contributed by atoms with Crippen molar-refractivity contribution >= 4 is 11.8 Å². The highest BCUT2D eigenvalue weighted by atomic mass is 16.5. The van der Waals surface area contributed by atoms with Gasteiger partial charge in [0.25, 0.3) is 5.56 Å². The molecule has 2 N–H and O–H groups in total. The molecule has 1 aromatic heterocycles. The van der Waals surface area contributed by atoms with Crippen LogP contribution in [0.25, 0.3) is 0 Å². The molecule has 2 aliphatic heterocycles. The molecule has 0 fully saturated rings. The summed E-state index contributed by atoms with van der Waals surface area (Å²) in [4.78, 5) is 39.9. The molecule has 2 aliphatic rings. The summed E-state index contributed by atoms with van der Waals surface area (Å²) >= 11 is 0. The summed E-state index contributed by atoms with van der Waals surface area (Å²) in [5, 5.41) is 3.07. The van der Waals surface area contributed by atoms with Crippen molar-refractivity contribution in [3.8, 4) is 11.5 Å². The molecule has 152 valence electrons. The Hall–Kier alpha value is -3.49. The number of H-pyrrole nitrogens is 1. The number of hydrogen-bond acceptors (Lipinski definition) is 7. The van der Waals surface area contributed by atoms with E-state index in [-0.39, 0.29) is 12.2 Å². The Kier molecular flexibility index (Phi) is 4.65. The van der Waals surface area contributed by atoms with E-state index in [2.05, 4.69) is 10.3 Å². The SMILES string of the molecule is CCOc1ccc([C@H]2C3=C(COC3=O)Nc3c2c(=O)[nH]c(=O)n3CC)cc1OC. The summed E-state index contributed by atoms with van der Waals surface area (Å²) in [6, 6.07) is 5.26. The van der Waals surface area contributed by atoms with E-state index in [0.717, 1.165) is 0 Å². The molecule has 0 amide bonds. The number of ether oxygens (including phenoxy) is 3. The predicted octanol–water partition coefficient (Wildman–Crippen LogP) is 1.33. The third kappa shape index (κ3) is 2.89. The fourth-order valence-electron chi connectivity index (χ4n) is 3.86. The predicted molar refractivity (Wildman–Crippen MR) is 105 cm³/mol. The van der Waals surface area contributed by atoms with Gasteiger partial charge in [-0.05, 0) is 31.5 Å². The molecular formula is C20H21N3O6. The number of aromatic nitrogens is 2. The lowest BCUT2D eigenvalue weighted by Gasteiger charge is -2.28. The number of carbonyl (C=O) groups excluding carboxylic acids is 1. The molecule has 9 nitrogen and oxygen atoms in total. The van der Waals surface area contributed by atoms with E-state index in [9.17, 15) is 14.4 Å². The van der Waals surface area contributed by atoms with Gasteiger partial charge in [-0.2, -0.15) is 0 Å². The first kappa shape index (κ1) is 18.9. The number of esters is 1. The van der Waals surface area contributed by atoms with Crippen LogP contribution in [0.4, 0.5) is 5.82 Å². The average molecular weight is 399 g/mol. The molecule has 0 spiro atoms. The van der Waals surface area contributed by atoms with Gasteiger partial charge in [0.15, 0.2) is 11.5 Å². The number of fused-ring (bicyclic) bond motifs is 1. The molecule has 2 aromatic rings. The second kappa shape index (κ2) is 7.16. The molecule has 3 heterocycles. The summed E-state index contributed by atoms with van der Waals surface area (Å²) in [6.07, 6.45) is 0. The van der Waals surface area contributed by atoms with Crippen LogP contribution in [-0.4, -0.2) is 35.8 Å². The third-order valence-electron chi connectivity index (χ3n) is 5.11. The summed E-state index contributed by atoms with van der Waals surface area (Å²) in [7, 11) is 1.52. The van der Waals surface area contributed by atoms with Gasteiger partial charge < -0.3 is 19.5 Å². The molecule has 0 bridgehead atoms. The van der Waals surface area contributed by atoms with Crippen LogP contribution in [0.5, 0.6) is 11.5 Å². The fourth-order valence-corrected chi connectivity index (χ4v) is 3.86. The number of methoxy groups -OCH3 is 1. The van der Waals surface area contributed by atoms with Crippen LogP contribution in [0.1, 0.15) is 30.9 Å². The van der Waals surface area contributed by atoms with Crippen molar-refractivity contribution < 1.29 is 19.0 Å². The molecule has 9 heteroatoms. The number of cyclic esters (lactones) is 1. The molecule has 0 unspecified atom stereocenters. The molecule has 0 radical (unpaired) electrons. The first-order valence-corrected chi connectivity index (χ1v) is 9.35. The van der Waals surface area contributed by atoms with E-state index < -0.39 is 23.1 Å². The minimum atomic E-state index is -0.706. The molecule has 0 saturated heterocycles. The maximum Gasteiger partial charge on any atom is 0.337 e. The Bertz CT molecular complexity index is 1140. The van der Waals surface area contributed by atoms with E-state index in [4.69, 9.17) is 14.2 Å². The van der Waals surface area contributed by atoms with Crippen LogP contribution in [0, 0.1) is 0 Å². The number of anilines is 1. The zero-order valence-electron chi connectivity index (χ0n) is 16.3. The van der Waals surface area contributed by atoms with Gasteiger partial charge in [-0.1, -0.05) is 6.07 Å². The zero-order chi connectivity index (χ0) is 20.7. The van der Waals surface area contributed by atoms with Crippen molar-refractivity contribution in [2.45, 2.75) is 26.3 Å². The smallest absolute Gasteiger partial charge is 0.337 e.